The SMILES string of the molecule is C[C@H]1CCc2c(sc3ncnc(N4CCN(C(=O)CCCC(=O)N5CC(=O)Nc6ccccc65)CC4)c23)C1. The Bertz CT molecular complexity index is 1400. The lowest BCUT2D eigenvalue weighted by Crippen LogP contribution is -2.49. The van der Waals surface area contributed by atoms with Crippen LogP contribution < -0.4 is 15.1 Å². The molecule has 1 atom stereocenters. The van der Waals surface area contributed by atoms with E-state index in [0.29, 0.717) is 43.2 Å². The summed E-state index contributed by atoms with van der Waals surface area (Å²) in [5.74, 6) is 1.46. The highest BCUT2D eigenvalue weighted by atomic mass is 32.1. The maximum atomic E-state index is 12.9. The Morgan fingerprint density at radius 1 is 1.08 bits per heavy atom. The highest BCUT2D eigenvalue weighted by Gasteiger charge is 2.29. The Hall–Kier alpha value is -3.53. The molecule has 0 radical (unpaired) electrons. The van der Waals surface area contributed by atoms with E-state index in [1.165, 1.54) is 27.1 Å². The molecule has 1 aromatic carbocycles. The van der Waals surface area contributed by atoms with Crippen LogP contribution in [0, 0.1) is 5.92 Å². The number of nitrogens with one attached hydrogen (secondary N) is 1. The third-order valence-electron chi connectivity index (χ3n) is 7.86. The van der Waals surface area contributed by atoms with Crippen LogP contribution in [0.1, 0.15) is 43.0 Å². The van der Waals surface area contributed by atoms with E-state index >= 15 is 0 Å². The van der Waals surface area contributed by atoms with Crippen LogP contribution in [-0.4, -0.2) is 65.3 Å². The lowest BCUT2D eigenvalue weighted by molar-refractivity contribution is -0.131. The molecule has 4 heterocycles. The zero-order chi connectivity index (χ0) is 26.2. The van der Waals surface area contributed by atoms with E-state index in [1.807, 2.05) is 34.4 Å². The quantitative estimate of drug-likeness (QED) is 0.539. The van der Waals surface area contributed by atoms with E-state index < -0.39 is 0 Å². The van der Waals surface area contributed by atoms with Crippen LogP contribution in [0.2, 0.25) is 0 Å². The zero-order valence-electron chi connectivity index (χ0n) is 21.6. The van der Waals surface area contributed by atoms with Crippen LogP contribution in [-0.2, 0) is 27.2 Å². The number of thiophene rings is 1. The van der Waals surface area contributed by atoms with Crippen molar-refractivity contribution in [1.82, 2.24) is 14.9 Å². The summed E-state index contributed by atoms with van der Waals surface area (Å²) in [7, 11) is 0. The Kier molecular flexibility index (Phi) is 6.73. The van der Waals surface area contributed by atoms with Gasteiger partial charge in [0.2, 0.25) is 17.7 Å². The van der Waals surface area contributed by atoms with Crippen molar-refractivity contribution in [1.29, 1.82) is 0 Å². The van der Waals surface area contributed by atoms with Crippen LogP contribution >= 0.6 is 11.3 Å². The Balaban J connectivity index is 1.04. The first kappa shape index (κ1) is 24.8. The number of anilines is 3. The molecule has 0 saturated carbocycles. The van der Waals surface area contributed by atoms with Crippen molar-refractivity contribution in [3.8, 4) is 0 Å². The second-order valence-electron chi connectivity index (χ2n) is 10.5. The van der Waals surface area contributed by atoms with Gasteiger partial charge in [0.15, 0.2) is 0 Å². The number of fused-ring (bicyclic) bond motifs is 4. The number of hydrogen-bond acceptors (Lipinski definition) is 7. The summed E-state index contributed by atoms with van der Waals surface area (Å²) in [4.78, 5) is 55.3. The largest absolute Gasteiger partial charge is 0.352 e. The summed E-state index contributed by atoms with van der Waals surface area (Å²) in [5.41, 5.74) is 2.78. The summed E-state index contributed by atoms with van der Waals surface area (Å²) >= 11 is 1.81. The van der Waals surface area contributed by atoms with E-state index in [1.54, 1.807) is 12.4 Å². The molecular weight excluding hydrogens is 500 g/mol. The number of aryl methyl sites for hydroxylation is 1. The monoisotopic (exact) mass is 532 g/mol. The fraction of sp³-hybridized carbons (Fsp3) is 0.464. The van der Waals surface area contributed by atoms with E-state index in [0.717, 1.165) is 36.6 Å². The van der Waals surface area contributed by atoms with Gasteiger partial charge in [0.25, 0.3) is 0 Å². The molecule has 10 heteroatoms. The molecule has 3 aromatic rings. The highest BCUT2D eigenvalue weighted by Crippen LogP contribution is 2.40. The molecular formula is C28H32N6O3S. The van der Waals surface area contributed by atoms with Crippen LogP contribution in [0.4, 0.5) is 17.2 Å². The summed E-state index contributed by atoms with van der Waals surface area (Å²) in [6.45, 7) is 5.07. The molecule has 3 amide bonds. The number of nitrogens with zero attached hydrogens (tertiary/aromatic N) is 5. The number of hydrogen-bond donors (Lipinski definition) is 1. The third-order valence-corrected chi connectivity index (χ3v) is 9.02. The molecule has 9 nitrogen and oxygen atoms in total. The normalized spacial score (nSPS) is 19.2. The van der Waals surface area contributed by atoms with Gasteiger partial charge in [0, 0.05) is 43.9 Å². The highest BCUT2D eigenvalue weighted by molar-refractivity contribution is 7.19. The van der Waals surface area contributed by atoms with Crippen molar-refractivity contribution in [3.05, 3.63) is 41.0 Å². The van der Waals surface area contributed by atoms with Gasteiger partial charge in [0.1, 0.15) is 23.5 Å². The molecule has 198 valence electrons. The first-order chi connectivity index (χ1) is 18.5. The fourth-order valence-electron chi connectivity index (χ4n) is 5.81. The lowest BCUT2D eigenvalue weighted by Gasteiger charge is -2.36. The standard InChI is InChI=1S/C28H32N6O3S/c1-18-9-10-19-22(15-18)38-28-26(19)27(29-17-30-28)33-13-11-32(12-14-33)24(36)7-4-8-25(37)34-16-23(35)31-20-5-2-3-6-21(20)34/h2-3,5-6,17-18H,4,7-16H2,1H3,(H,31,35)/t18-/m0/s1. The Morgan fingerprint density at radius 2 is 1.87 bits per heavy atom. The second kappa shape index (κ2) is 10.3. The second-order valence-corrected chi connectivity index (χ2v) is 11.6. The molecule has 2 aromatic heterocycles. The minimum Gasteiger partial charge on any atom is -0.352 e. The number of aromatic nitrogens is 2. The maximum Gasteiger partial charge on any atom is 0.244 e. The van der Waals surface area contributed by atoms with Crippen molar-refractivity contribution in [2.24, 2.45) is 5.92 Å². The zero-order valence-corrected chi connectivity index (χ0v) is 22.4. The van der Waals surface area contributed by atoms with E-state index in [9.17, 15) is 14.4 Å². The van der Waals surface area contributed by atoms with Crippen molar-refractivity contribution in [2.75, 3.05) is 47.8 Å². The molecule has 1 fully saturated rings. The van der Waals surface area contributed by atoms with Gasteiger partial charge in [-0.1, -0.05) is 19.1 Å². The molecule has 1 aliphatic carbocycles. The van der Waals surface area contributed by atoms with E-state index in [4.69, 9.17) is 0 Å². The minimum atomic E-state index is -0.204. The van der Waals surface area contributed by atoms with Gasteiger partial charge in [-0.3, -0.25) is 14.4 Å². The first-order valence-corrected chi connectivity index (χ1v) is 14.3. The molecule has 2 aliphatic heterocycles. The van der Waals surface area contributed by atoms with Gasteiger partial charge in [-0.05, 0) is 49.3 Å². The van der Waals surface area contributed by atoms with E-state index in [2.05, 4.69) is 27.1 Å². The predicted molar refractivity (Wildman–Crippen MR) is 149 cm³/mol. The number of benzene rings is 1. The molecule has 1 N–H and O–H groups in total. The summed E-state index contributed by atoms with van der Waals surface area (Å²) in [5, 5.41) is 4.01. The summed E-state index contributed by atoms with van der Waals surface area (Å²) in [6.07, 6.45) is 6.09. The average Bonchev–Trinajstić information content (AvgIpc) is 3.30. The van der Waals surface area contributed by atoms with Crippen LogP contribution in [0.5, 0.6) is 0 Å². The van der Waals surface area contributed by atoms with Gasteiger partial charge in [-0.2, -0.15) is 0 Å². The molecule has 0 spiro atoms. The maximum absolute atomic E-state index is 12.9. The number of amides is 3. The van der Waals surface area contributed by atoms with Gasteiger partial charge in [0.05, 0.1) is 16.8 Å². The number of rotatable bonds is 5. The minimum absolute atomic E-state index is 0.00836. The van der Waals surface area contributed by atoms with Crippen molar-refractivity contribution in [3.63, 3.8) is 0 Å². The molecule has 6 rings (SSSR count). The van der Waals surface area contributed by atoms with Crippen LogP contribution in [0.3, 0.4) is 0 Å². The van der Waals surface area contributed by atoms with Crippen molar-refractivity contribution < 1.29 is 14.4 Å². The Labute approximate surface area is 225 Å². The Morgan fingerprint density at radius 3 is 2.71 bits per heavy atom. The molecule has 38 heavy (non-hydrogen) atoms. The fourth-order valence-corrected chi connectivity index (χ4v) is 7.15. The number of para-hydroxylation sites is 2. The smallest absolute Gasteiger partial charge is 0.244 e. The van der Waals surface area contributed by atoms with Crippen molar-refractivity contribution >= 4 is 56.5 Å². The predicted octanol–water partition coefficient (Wildman–Crippen LogP) is 3.62. The lowest BCUT2D eigenvalue weighted by atomic mass is 9.89. The van der Waals surface area contributed by atoms with Gasteiger partial charge >= 0.3 is 0 Å². The number of carbonyl (C=O) groups excluding carboxylic acids is 3. The van der Waals surface area contributed by atoms with Crippen molar-refractivity contribution in [2.45, 2.75) is 45.4 Å². The molecule has 1 saturated heterocycles. The van der Waals surface area contributed by atoms with E-state index in [-0.39, 0.29) is 30.7 Å². The topological polar surface area (TPSA) is 98.7 Å². The molecule has 0 unspecified atom stereocenters. The van der Waals surface area contributed by atoms with Gasteiger partial charge < -0.3 is 20.0 Å². The summed E-state index contributed by atoms with van der Waals surface area (Å²) in [6, 6.07) is 7.29. The molecule has 3 aliphatic rings. The number of piperazine rings is 1. The molecule has 0 bridgehead atoms. The third kappa shape index (κ3) is 4.73. The first-order valence-electron chi connectivity index (χ1n) is 13.4. The average molecular weight is 533 g/mol. The van der Waals surface area contributed by atoms with Crippen LogP contribution in [0.25, 0.3) is 10.2 Å². The number of carbonyl (C=O) groups is 3. The van der Waals surface area contributed by atoms with Gasteiger partial charge in [-0.25, -0.2) is 9.97 Å². The summed E-state index contributed by atoms with van der Waals surface area (Å²) < 4.78 is 0. The van der Waals surface area contributed by atoms with Gasteiger partial charge in [-0.15, -0.1) is 11.3 Å². The van der Waals surface area contributed by atoms with Crippen LogP contribution in [0.15, 0.2) is 30.6 Å².